The first-order valence-electron chi connectivity index (χ1n) is 6.97. The molecule has 0 saturated heterocycles. The van der Waals surface area contributed by atoms with Crippen LogP contribution < -0.4 is 5.32 Å². The lowest BCUT2D eigenvalue weighted by Gasteiger charge is -2.24. The number of halogens is 3. The SMILES string of the molecule is CCC(NC(C)c1ccc(F)cc1Br)c1ccc(Cl)cc1. The molecular formula is C17H18BrClFN. The Morgan fingerprint density at radius 2 is 1.86 bits per heavy atom. The smallest absolute Gasteiger partial charge is 0.124 e. The van der Waals surface area contributed by atoms with E-state index in [1.165, 1.54) is 17.7 Å². The highest BCUT2D eigenvalue weighted by Crippen LogP contribution is 2.28. The third-order valence-corrected chi connectivity index (χ3v) is 4.50. The van der Waals surface area contributed by atoms with Crippen molar-refractivity contribution in [2.24, 2.45) is 0 Å². The summed E-state index contributed by atoms with van der Waals surface area (Å²) in [5.74, 6) is -0.234. The summed E-state index contributed by atoms with van der Waals surface area (Å²) in [7, 11) is 0. The minimum absolute atomic E-state index is 0.112. The van der Waals surface area contributed by atoms with E-state index in [1.54, 1.807) is 0 Å². The van der Waals surface area contributed by atoms with E-state index in [9.17, 15) is 4.39 Å². The average molecular weight is 371 g/mol. The van der Waals surface area contributed by atoms with Gasteiger partial charge in [-0.05, 0) is 48.7 Å². The van der Waals surface area contributed by atoms with Crippen LogP contribution in [0.5, 0.6) is 0 Å². The van der Waals surface area contributed by atoms with Crippen molar-refractivity contribution >= 4 is 27.5 Å². The zero-order valence-corrected chi connectivity index (χ0v) is 14.4. The fourth-order valence-electron chi connectivity index (χ4n) is 2.39. The molecule has 0 heterocycles. The standard InChI is InChI=1S/C17H18BrClFN/c1-3-17(12-4-6-13(19)7-5-12)21-11(2)15-9-8-14(20)10-16(15)18/h4-11,17,21H,3H2,1-2H3. The fraction of sp³-hybridized carbons (Fsp3) is 0.294. The van der Waals surface area contributed by atoms with Gasteiger partial charge in [-0.25, -0.2) is 4.39 Å². The molecule has 2 aromatic carbocycles. The minimum atomic E-state index is -0.234. The average Bonchev–Trinajstić information content (AvgIpc) is 2.45. The predicted molar refractivity (Wildman–Crippen MR) is 90.1 cm³/mol. The molecule has 0 saturated carbocycles. The van der Waals surface area contributed by atoms with Crippen LogP contribution in [0.4, 0.5) is 4.39 Å². The van der Waals surface area contributed by atoms with Crippen LogP contribution in [0.1, 0.15) is 43.5 Å². The molecule has 4 heteroatoms. The molecule has 1 nitrogen and oxygen atoms in total. The number of hydrogen-bond donors (Lipinski definition) is 1. The first kappa shape index (κ1) is 16.5. The second-order valence-electron chi connectivity index (χ2n) is 5.07. The van der Waals surface area contributed by atoms with Crippen molar-refractivity contribution in [3.8, 4) is 0 Å². The van der Waals surface area contributed by atoms with Crippen molar-refractivity contribution in [1.82, 2.24) is 5.32 Å². The lowest BCUT2D eigenvalue weighted by molar-refractivity contribution is 0.455. The molecular weight excluding hydrogens is 353 g/mol. The van der Waals surface area contributed by atoms with Crippen LogP contribution in [0.3, 0.4) is 0 Å². The number of nitrogens with one attached hydrogen (secondary N) is 1. The Balaban J connectivity index is 2.15. The highest BCUT2D eigenvalue weighted by Gasteiger charge is 2.16. The quantitative estimate of drug-likeness (QED) is 0.676. The highest BCUT2D eigenvalue weighted by atomic mass is 79.9. The van der Waals surface area contributed by atoms with Gasteiger partial charge in [0.1, 0.15) is 5.82 Å². The lowest BCUT2D eigenvalue weighted by Crippen LogP contribution is -2.24. The maximum Gasteiger partial charge on any atom is 0.124 e. The van der Waals surface area contributed by atoms with Gasteiger partial charge in [-0.2, -0.15) is 0 Å². The van der Waals surface area contributed by atoms with E-state index in [1.807, 2.05) is 30.3 Å². The summed E-state index contributed by atoms with van der Waals surface area (Å²) in [6.45, 7) is 4.22. The fourth-order valence-corrected chi connectivity index (χ4v) is 3.21. The summed E-state index contributed by atoms with van der Waals surface area (Å²) in [5.41, 5.74) is 2.25. The van der Waals surface area contributed by atoms with E-state index >= 15 is 0 Å². The molecule has 1 N–H and O–H groups in total. The molecule has 0 aliphatic rings. The molecule has 2 aromatic rings. The second kappa shape index (κ2) is 7.39. The number of rotatable bonds is 5. The predicted octanol–water partition coefficient (Wildman–Crippen LogP) is 6.04. The summed E-state index contributed by atoms with van der Waals surface area (Å²) < 4.78 is 14.0. The number of benzene rings is 2. The molecule has 0 amide bonds. The van der Waals surface area contributed by atoms with Crippen molar-refractivity contribution in [3.63, 3.8) is 0 Å². The van der Waals surface area contributed by atoms with Crippen LogP contribution in [0.15, 0.2) is 46.9 Å². The molecule has 0 aliphatic heterocycles. The first-order valence-corrected chi connectivity index (χ1v) is 8.14. The third-order valence-electron chi connectivity index (χ3n) is 3.56. The largest absolute Gasteiger partial charge is 0.303 e. The molecule has 2 atom stereocenters. The van der Waals surface area contributed by atoms with E-state index in [0.717, 1.165) is 21.5 Å². The van der Waals surface area contributed by atoms with Gasteiger partial charge in [0.15, 0.2) is 0 Å². The van der Waals surface area contributed by atoms with Crippen molar-refractivity contribution in [2.75, 3.05) is 0 Å². The third kappa shape index (κ3) is 4.29. The van der Waals surface area contributed by atoms with Gasteiger partial charge in [0.05, 0.1) is 0 Å². The molecule has 0 spiro atoms. The maximum absolute atomic E-state index is 13.2. The van der Waals surface area contributed by atoms with Gasteiger partial charge < -0.3 is 5.32 Å². The Hall–Kier alpha value is -0.900. The van der Waals surface area contributed by atoms with Gasteiger partial charge in [-0.3, -0.25) is 0 Å². The van der Waals surface area contributed by atoms with Gasteiger partial charge in [0, 0.05) is 21.6 Å². The lowest BCUT2D eigenvalue weighted by atomic mass is 10.0. The van der Waals surface area contributed by atoms with Crippen LogP contribution in [0, 0.1) is 5.82 Å². The Morgan fingerprint density at radius 3 is 2.43 bits per heavy atom. The normalized spacial score (nSPS) is 14.0. The van der Waals surface area contributed by atoms with E-state index in [2.05, 4.69) is 35.1 Å². The molecule has 0 aliphatic carbocycles. The summed E-state index contributed by atoms with van der Waals surface area (Å²) in [4.78, 5) is 0. The Kier molecular flexibility index (Phi) is 5.80. The minimum Gasteiger partial charge on any atom is -0.303 e. The van der Waals surface area contributed by atoms with Crippen LogP contribution >= 0.6 is 27.5 Å². The van der Waals surface area contributed by atoms with Crippen LogP contribution in [0.2, 0.25) is 5.02 Å². The summed E-state index contributed by atoms with van der Waals surface area (Å²) in [6, 6.07) is 13.0. The molecule has 112 valence electrons. The first-order chi connectivity index (χ1) is 10.0. The molecule has 0 radical (unpaired) electrons. The van der Waals surface area contributed by atoms with Crippen molar-refractivity contribution in [2.45, 2.75) is 32.4 Å². The van der Waals surface area contributed by atoms with E-state index in [0.29, 0.717) is 0 Å². The Morgan fingerprint density at radius 1 is 1.19 bits per heavy atom. The van der Waals surface area contributed by atoms with Crippen molar-refractivity contribution < 1.29 is 4.39 Å². The topological polar surface area (TPSA) is 12.0 Å². The summed E-state index contributed by atoms with van der Waals surface area (Å²) in [5, 5.41) is 4.32. The van der Waals surface area contributed by atoms with E-state index in [-0.39, 0.29) is 17.9 Å². The molecule has 0 bridgehead atoms. The van der Waals surface area contributed by atoms with Crippen LogP contribution in [-0.2, 0) is 0 Å². The summed E-state index contributed by atoms with van der Waals surface area (Å²) >= 11 is 9.36. The van der Waals surface area contributed by atoms with Crippen LogP contribution in [-0.4, -0.2) is 0 Å². The number of hydrogen-bond acceptors (Lipinski definition) is 1. The highest BCUT2D eigenvalue weighted by molar-refractivity contribution is 9.10. The van der Waals surface area contributed by atoms with Gasteiger partial charge in [0.25, 0.3) is 0 Å². The maximum atomic E-state index is 13.2. The van der Waals surface area contributed by atoms with Crippen molar-refractivity contribution in [3.05, 3.63) is 68.9 Å². The van der Waals surface area contributed by atoms with Gasteiger partial charge in [-0.15, -0.1) is 0 Å². The monoisotopic (exact) mass is 369 g/mol. The van der Waals surface area contributed by atoms with E-state index in [4.69, 9.17) is 11.6 Å². The zero-order chi connectivity index (χ0) is 15.4. The zero-order valence-electron chi connectivity index (χ0n) is 12.0. The molecule has 2 unspecified atom stereocenters. The van der Waals surface area contributed by atoms with Gasteiger partial charge >= 0.3 is 0 Å². The van der Waals surface area contributed by atoms with E-state index < -0.39 is 0 Å². The summed E-state index contributed by atoms with van der Waals surface area (Å²) in [6.07, 6.45) is 0.963. The van der Waals surface area contributed by atoms with Gasteiger partial charge in [0.2, 0.25) is 0 Å². The van der Waals surface area contributed by atoms with Crippen LogP contribution in [0.25, 0.3) is 0 Å². The van der Waals surface area contributed by atoms with Gasteiger partial charge in [-0.1, -0.05) is 52.7 Å². The molecule has 0 aromatic heterocycles. The molecule has 2 rings (SSSR count). The van der Waals surface area contributed by atoms with Crippen molar-refractivity contribution in [1.29, 1.82) is 0 Å². The Bertz CT molecular complexity index is 600. The molecule has 21 heavy (non-hydrogen) atoms. The second-order valence-corrected chi connectivity index (χ2v) is 6.36. The molecule has 0 fully saturated rings. The Labute approximate surface area is 138 Å².